The summed E-state index contributed by atoms with van der Waals surface area (Å²) < 4.78 is 0. The zero-order valence-electron chi connectivity index (χ0n) is 40.2. The molecule has 7 amide bonds. The van der Waals surface area contributed by atoms with Gasteiger partial charge in [0, 0.05) is 25.7 Å². The molecule has 20 N–H and O–H groups in total. The van der Waals surface area contributed by atoms with Gasteiger partial charge in [0.15, 0.2) is 11.9 Å². The lowest BCUT2D eigenvalue weighted by atomic mass is 10.0. The van der Waals surface area contributed by atoms with Gasteiger partial charge >= 0.3 is 0 Å². The van der Waals surface area contributed by atoms with Crippen LogP contribution in [0.25, 0.3) is 0 Å². The lowest BCUT2D eigenvalue weighted by Crippen LogP contribution is -2.58. The topological polar surface area (TPSA) is 405 Å². The molecule has 6 atom stereocenters. The third kappa shape index (κ3) is 25.1. The molecule has 23 nitrogen and oxygen atoms in total. The van der Waals surface area contributed by atoms with Crippen molar-refractivity contribution >= 4 is 53.3 Å². The Balaban J connectivity index is 2.23. The van der Waals surface area contributed by atoms with Crippen molar-refractivity contribution in [1.29, 1.82) is 0 Å². The number of rotatable bonds is 32. The van der Waals surface area contributed by atoms with Crippen molar-refractivity contribution in [1.82, 2.24) is 37.2 Å². The number of carbonyl (C=O) groups is 7. The fourth-order valence-electron chi connectivity index (χ4n) is 6.99. The number of hydrogen-bond donors (Lipinski definition) is 14. The lowest BCUT2D eigenvalue weighted by molar-refractivity contribution is -0.134. The van der Waals surface area contributed by atoms with Gasteiger partial charge in [0.2, 0.25) is 41.4 Å². The highest BCUT2D eigenvalue weighted by Gasteiger charge is 2.31. The molecule has 0 unspecified atom stereocenters. The molecule has 0 saturated carbocycles. The van der Waals surface area contributed by atoms with Crippen LogP contribution in [0.15, 0.2) is 64.6 Å². The summed E-state index contributed by atoms with van der Waals surface area (Å²) in [7, 11) is 0. The molecule has 382 valence electrons. The van der Waals surface area contributed by atoms with Crippen LogP contribution in [-0.2, 0) is 46.4 Å². The fraction of sp³-hybridized carbons (Fsp3) is 0.543. The number of nitrogens with one attached hydrogen (secondary N) is 7. The number of phenolic OH excluding ortho intramolecular Hbond substituents is 1. The first kappa shape index (κ1) is 58.1. The highest BCUT2D eigenvalue weighted by Crippen LogP contribution is 2.13. The maximum atomic E-state index is 14.2. The molecule has 69 heavy (non-hydrogen) atoms. The summed E-state index contributed by atoms with van der Waals surface area (Å²) in [6, 6.07) is 9.75. The maximum Gasteiger partial charge on any atom is 0.243 e. The van der Waals surface area contributed by atoms with Gasteiger partial charge in [-0.2, -0.15) is 0 Å². The van der Waals surface area contributed by atoms with E-state index in [0.717, 1.165) is 11.1 Å². The number of amides is 7. The highest BCUT2D eigenvalue weighted by atomic mass is 16.3. The number of phenols is 1. The second-order valence-corrected chi connectivity index (χ2v) is 17.6. The van der Waals surface area contributed by atoms with Crippen molar-refractivity contribution < 1.29 is 38.7 Å². The van der Waals surface area contributed by atoms with Gasteiger partial charge in [0.05, 0.1) is 25.2 Å². The van der Waals surface area contributed by atoms with E-state index in [1.165, 1.54) is 12.1 Å². The third-order valence-corrected chi connectivity index (χ3v) is 10.4. The Labute approximate surface area is 404 Å². The molecular formula is C46H75N15O8. The minimum absolute atomic E-state index is 0.00930. The van der Waals surface area contributed by atoms with E-state index < -0.39 is 90.7 Å². The predicted octanol–water partition coefficient (Wildman–Crippen LogP) is -2.68. The van der Waals surface area contributed by atoms with Crippen molar-refractivity contribution in [2.45, 2.75) is 115 Å². The van der Waals surface area contributed by atoms with Crippen LogP contribution in [0.4, 0.5) is 0 Å². The van der Waals surface area contributed by atoms with E-state index in [-0.39, 0.29) is 87.7 Å². The fourth-order valence-corrected chi connectivity index (χ4v) is 6.99. The lowest BCUT2D eigenvalue weighted by Gasteiger charge is -2.28. The van der Waals surface area contributed by atoms with Crippen LogP contribution >= 0.6 is 0 Å². The molecule has 0 bridgehead atoms. The minimum atomic E-state index is -1.18. The molecular weight excluding hydrogens is 891 g/mol. The SMILES string of the molecule is CC(C)C[C@H](NC[C@H](Cc1ccccc1)NC(=O)CNC(=O)CNC(=O)[C@@H](N)Cc1ccc(O)cc1)C(=O)N[C@@H](CCCN=C(N)N)C(=O)N[C@@H](CCCN=C(N)N)C(=O)N[C@H](CC(C)C)C(N)=O. The Morgan fingerprint density at radius 1 is 0.565 bits per heavy atom. The Morgan fingerprint density at radius 2 is 1.04 bits per heavy atom. The van der Waals surface area contributed by atoms with Gasteiger partial charge in [-0.05, 0) is 86.5 Å². The van der Waals surface area contributed by atoms with E-state index in [1.54, 1.807) is 12.1 Å². The number of aliphatic imine (C=N–C) groups is 2. The number of aromatic hydroxyl groups is 1. The van der Waals surface area contributed by atoms with Gasteiger partial charge in [-0.25, -0.2) is 0 Å². The molecule has 0 heterocycles. The number of primary amides is 1. The first-order valence-electron chi connectivity index (χ1n) is 23.1. The molecule has 0 spiro atoms. The molecule has 0 radical (unpaired) electrons. The van der Waals surface area contributed by atoms with Crippen molar-refractivity contribution in [2.24, 2.45) is 56.2 Å². The molecule has 0 aliphatic rings. The quantitative estimate of drug-likeness (QED) is 0.0202. The molecule has 2 aromatic carbocycles. The van der Waals surface area contributed by atoms with E-state index in [4.69, 9.17) is 34.4 Å². The summed E-state index contributed by atoms with van der Waals surface area (Å²) in [6.07, 6.45) is 1.77. The zero-order valence-corrected chi connectivity index (χ0v) is 40.2. The monoisotopic (exact) mass is 966 g/mol. The average molecular weight is 966 g/mol. The molecule has 23 heteroatoms. The van der Waals surface area contributed by atoms with Gasteiger partial charge < -0.3 is 76.7 Å². The van der Waals surface area contributed by atoms with Gasteiger partial charge in [-0.3, -0.25) is 43.5 Å². The second kappa shape index (κ2) is 31.1. The Morgan fingerprint density at radius 3 is 1.55 bits per heavy atom. The predicted molar refractivity (Wildman–Crippen MR) is 263 cm³/mol. The van der Waals surface area contributed by atoms with Crippen LogP contribution in [0.5, 0.6) is 5.75 Å². The Bertz CT molecular complexity index is 2010. The highest BCUT2D eigenvalue weighted by molar-refractivity contribution is 5.95. The number of nitrogens with zero attached hydrogens (tertiary/aromatic N) is 2. The number of benzene rings is 2. The average Bonchev–Trinajstić information content (AvgIpc) is 3.28. The number of guanidine groups is 2. The summed E-state index contributed by atoms with van der Waals surface area (Å²) >= 11 is 0. The smallest absolute Gasteiger partial charge is 0.243 e. The number of carbonyl (C=O) groups excluding carboxylic acids is 7. The number of hydrogen-bond acceptors (Lipinski definition) is 12. The zero-order chi connectivity index (χ0) is 51.5. The van der Waals surface area contributed by atoms with E-state index in [9.17, 15) is 38.7 Å². The third-order valence-electron chi connectivity index (χ3n) is 10.4. The molecule has 0 aliphatic heterocycles. The van der Waals surface area contributed by atoms with Crippen molar-refractivity contribution in [3.05, 3.63) is 65.7 Å². The van der Waals surface area contributed by atoms with Crippen molar-refractivity contribution in [2.75, 3.05) is 32.7 Å². The van der Waals surface area contributed by atoms with Crippen LogP contribution in [-0.4, -0.2) is 127 Å². The largest absolute Gasteiger partial charge is 0.508 e. The first-order chi connectivity index (χ1) is 32.6. The standard InChI is InChI=1S/C46H75N15O8/c1-27(2)20-36(40(48)65)61-43(68)35(13-9-19-54-46(51)52)59-42(67)34(12-8-18-53-45(49)50)60-44(69)37(21-28(3)4)55-24-31(22-29-10-6-5-7-11-29)58-39(64)26-56-38(63)25-57-41(66)33(47)23-30-14-16-32(62)17-15-30/h5-7,10-11,14-17,27-28,31,33-37,55,62H,8-9,12-13,18-26,47H2,1-4H3,(H2,48,65)(H,56,63)(H,57,66)(H,58,64)(H,59,67)(H,60,69)(H,61,68)(H4,49,50,53)(H4,51,52,54)/t31-,33-,34-,35-,36+,37-/m0/s1. The molecule has 0 aromatic heterocycles. The molecule has 0 saturated heterocycles. The summed E-state index contributed by atoms with van der Waals surface area (Å²) in [6.45, 7) is 7.10. The van der Waals surface area contributed by atoms with Crippen LogP contribution in [0.2, 0.25) is 0 Å². The van der Waals surface area contributed by atoms with E-state index in [1.807, 2.05) is 58.0 Å². The van der Waals surface area contributed by atoms with E-state index in [0.29, 0.717) is 12.8 Å². The molecule has 2 aromatic rings. The van der Waals surface area contributed by atoms with Crippen molar-refractivity contribution in [3.63, 3.8) is 0 Å². The Hall–Kier alpha value is -7.01. The van der Waals surface area contributed by atoms with Crippen molar-refractivity contribution in [3.8, 4) is 5.75 Å². The molecule has 2 rings (SSSR count). The molecule has 0 aliphatic carbocycles. The van der Waals surface area contributed by atoms with Crippen LogP contribution in [0.1, 0.15) is 77.3 Å². The minimum Gasteiger partial charge on any atom is -0.508 e. The summed E-state index contributed by atoms with van der Waals surface area (Å²) in [4.78, 5) is 101. The van der Waals surface area contributed by atoms with Crippen LogP contribution in [0.3, 0.4) is 0 Å². The van der Waals surface area contributed by atoms with E-state index >= 15 is 0 Å². The van der Waals surface area contributed by atoms with E-state index in [2.05, 4.69) is 47.2 Å². The van der Waals surface area contributed by atoms with Gasteiger partial charge in [0.1, 0.15) is 23.9 Å². The Kier molecular flexibility index (Phi) is 26.2. The summed E-state index contributed by atoms with van der Waals surface area (Å²) in [5, 5.41) is 28.9. The molecule has 0 fully saturated rings. The van der Waals surface area contributed by atoms with Gasteiger partial charge in [0.25, 0.3) is 0 Å². The summed E-state index contributed by atoms with van der Waals surface area (Å²) in [5.41, 5.74) is 35.2. The second-order valence-electron chi connectivity index (χ2n) is 17.6. The van der Waals surface area contributed by atoms with Gasteiger partial charge in [-0.1, -0.05) is 70.2 Å². The first-order valence-corrected chi connectivity index (χ1v) is 23.1. The van der Waals surface area contributed by atoms with Crippen LogP contribution < -0.4 is 71.6 Å². The van der Waals surface area contributed by atoms with Crippen LogP contribution in [0, 0.1) is 11.8 Å². The summed E-state index contributed by atoms with van der Waals surface area (Å²) in [5.74, 6) is -4.60. The number of nitrogens with two attached hydrogens (primary N) is 6. The maximum absolute atomic E-state index is 14.2. The normalized spacial score (nSPS) is 13.6. The van der Waals surface area contributed by atoms with Gasteiger partial charge in [-0.15, -0.1) is 0 Å².